The quantitative estimate of drug-likeness (QED) is 0.673. The molecule has 0 spiro atoms. The van der Waals surface area contributed by atoms with Crippen LogP contribution >= 0.6 is 0 Å². The lowest BCUT2D eigenvalue weighted by atomic mass is 10.2. The van der Waals surface area contributed by atoms with Gasteiger partial charge in [0.1, 0.15) is 0 Å². The van der Waals surface area contributed by atoms with Crippen LogP contribution in [0.15, 0.2) is 0 Å². The molecule has 0 aromatic carbocycles. The maximum Gasteiger partial charge on any atom is 0.0597 e. The van der Waals surface area contributed by atoms with Crippen molar-refractivity contribution in [2.75, 3.05) is 45.9 Å². The Labute approximate surface area is 119 Å². The van der Waals surface area contributed by atoms with Crippen molar-refractivity contribution in [2.24, 2.45) is 0 Å². The molecule has 0 aromatic heterocycles. The predicted molar refractivity (Wildman–Crippen MR) is 79.7 cm³/mol. The zero-order chi connectivity index (χ0) is 14.3. The third-order valence-corrected chi connectivity index (χ3v) is 3.54. The molecule has 0 radical (unpaired) electrons. The van der Waals surface area contributed by atoms with Gasteiger partial charge in [-0.15, -0.1) is 0 Å². The highest BCUT2D eigenvalue weighted by Gasteiger charge is 2.22. The number of hydrogen-bond acceptors (Lipinski definition) is 4. The minimum absolute atomic E-state index is 0.338. The molecule has 19 heavy (non-hydrogen) atoms. The van der Waals surface area contributed by atoms with Crippen LogP contribution in [0, 0.1) is 0 Å². The summed E-state index contributed by atoms with van der Waals surface area (Å²) in [7, 11) is 0. The first kappa shape index (κ1) is 16.9. The van der Waals surface area contributed by atoms with Gasteiger partial charge >= 0.3 is 0 Å². The molecule has 1 saturated heterocycles. The SMILES string of the molecule is CC(C)OCCN1CCN(CCOC(C)C)[C@@H](C)C1. The molecule has 4 heteroatoms. The van der Waals surface area contributed by atoms with Crippen molar-refractivity contribution < 1.29 is 9.47 Å². The zero-order valence-electron chi connectivity index (χ0n) is 13.4. The van der Waals surface area contributed by atoms with Crippen LogP contribution in [0.3, 0.4) is 0 Å². The lowest BCUT2D eigenvalue weighted by Gasteiger charge is -2.39. The van der Waals surface area contributed by atoms with E-state index >= 15 is 0 Å². The van der Waals surface area contributed by atoms with E-state index in [1.807, 2.05) is 0 Å². The first-order chi connectivity index (χ1) is 8.99. The molecule has 1 fully saturated rings. The molecule has 4 nitrogen and oxygen atoms in total. The van der Waals surface area contributed by atoms with Crippen LogP contribution in [-0.4, -0.2) is 74.0 Å². The summed E-state index contributed by atoms with van der Waals surface area (Å²) >= 11 is 0. The van der Waals surface area contributed by atoms with Gasteiger partial charge in [-0.3, -0.25) is 9.80 Å². The second-order valence-electron chi connectivity index (χ2n) is 6.02. The summed E-state index contributed by atoms with van der Waals surface area (Å²) in [4.78, 5) is 5.04. The van der Waals surface area contributed by atoms with Gasteiger partial charge < -0.3 is 9.47 Å². The minimum Gasteiger partial charge on any atom is -0.377 e. The number of ether oxygens (including phenoxy) is 2. The van der Waals surface area contributed by atoms with Gasteiger partial charge in [-0.05, 0) is 34.6 Å². The van der Waals surface area contributed by atoms with Crippen LogP contribution in [0.5, 0.6) is 0 Å². The van der Waals surface area contributed by atoms with E-state index in [-0.39, 0.29) is 0 Å². The lowest BCUT2D eigenvalue weighted by Crippen LogP contribution is -2.53. The van der Waals surface area contributed by atoms with Crippen molar-refractivity contribution in [2.45, 2.75) is 52.9 Å². The second-order valence-corrected chi connectivity index (χ2v) is 6.02. The average molecular weight is 272 g/mol. The average Bonchev–Trinajstić information content (AvgIpc) is 2.31. The van der Waals surface area contributed by atoms with Crippen molar-refractivity contribution in [1.29, 1.82) is 0 Å². The molecule has 0 aliphatic carbocycles. The summed E-state index contributed by atoms with van der Waals surface area (Å²) in [5.74, 6) is 0. The summed E-state index contributed by atoms with van der Waals surface area (Å²) in [6.45, 7) is 17.9. The molecular formula is C15H32N2O2. The van der Waals surface area contributed by atoms with Gasteiger partial charge in [0.05, 0.1) is 25.4 Å². The van der Waals surface area contributed by atoms with Crippen LogP contribution in [0.1, 0.15) is 34.6 Å². The van der Waals surface area contributed by atoms with Crippen molar-refractivity contribution >= 4 is 0 Å². The summed E-state index contributed by atoms with van der Waals surface area (Å²) in [6, 6.07) is 0.614. The Hall–Kier alpha value is -0.160. The lowest BCUT2D eigenvalue weighted by molar-refractivity contribution is 0.0106. The van der Waals surface area contributed by atoms with Crippen LogP contribution < -0.4 is 0 Å². The van der Waals surface area contributed by atoms with Gasteiger partial charge in [0.25, 0.3) is 0 Å². The summed E-state index contributed by atoms with van der Waals surface area (Å²) in [5, 5.41) is 0. The third-order valence-electron chi connectivity index (χ3n) is 3.54. The molecular weight excluding hydrogens is 240 g/mol. The Kier molecular flexibility index (Phi) is 7.91. The minimum atomic E-state index is 0.338. The van der Waals surface area contributed by atoms with Gasteiger partial charge in [0.15, 0.2) is 0 Å². The highest BCUT2D eigenvalue weighted by molar-refractivity contribution is 4.78. The van der Waals surface area contributed by atoms with E-state index in [0.717, 1.165) is 45.9 Å². The van der Waals surface area contributed by atoms with E-state index in [1.165, 1.54) is 0 Å². The molecule has 0 aromatic rings. The number of nitrogens with zero attached hydrogens (tertiary/aromatic N) is 2. The normalized spacial score (nSPS) is 22.6. The molecule has 1 heterocycles. The Morgan fingerprint density at radius 2 is 1.53 bits per heavy atom. The van der Waals surface area contributed by atoms with Crippen LogP contribution in [0.2, 0.25) is 0 Å². The van der Waals surface area contributed by atoms with E-state index < -0.39 is 0 Å². The molecule has 1 atom stereocenters. The largest absolute Gasteiger partial charge is 0.377 e. The molecule has 0 unspecified atom stereocenters. The second kappa shape index (κ2) is 8.90. The monoisotopic (exact) mass is 272 g/mol. The maximum absolute atomic E-state index is 5.64. The van der Waals surface area contributed by atoms with Gasteiger partial charge in [-0.1, -0.05) is 0 Å². The van der Waals surface area contributed by atoms with Gasteiger partial charge in [-0.2, -0.15) is 0 Å². The molecule has 0 bridgehead atoms. The van der Waals surface area contributed by atoms with Crippen molar-refractivity contribution in [3.05, 3.63) is 0 Å². The fraction of sp³-hybridized carbons (Fsp3) is 1.00. The van der Waals surface area contributed by atoms with Crippen molar-refractivity contribution in [3.8, 4) is 0 Å². The Bertz CT molecular complexity index is 234. The third kappa shape index (κ3) is 7.25. The van der Waals surface area contributed by atoms with E-state index in [2.05, 4.69) is 44.4 Å². The fourth-order valence-electron chi connectivity index (χ4n) is 2.43. The maximum atomic E-state index is 5.64. The Balaban J connectivity index is 2.16. The molecule has 1 aliphatic rings. The van der Waals surface area contributed by atoms with Gasteiger partial charge in [0, 0.05) is 38.8 Å². The Morgan fingerprint density at radius 3 is 2.05 bits per heavy atom. The number of rotatable bonds is 8. The van der Waals surface area contributed by atoms with E-state index in [4.69, 9.17) is 9.47 Å². The van der Waals surface area contributed by atoms with Crippen LogP contribution in [0.4, 0.5) is 0 Å². The summed E-state index contributed by atoms with van der Waals surface area (Å²) < 4.78 is 11.3. The molecule has 114 valence electrons. The molecule has 1 aliphatic heterocycles. The Morgan fingerprint density at radius 1 is 0.947 bits per heavy atom. The predicted octanol–water partition coefficient (Wildman–Crippen LogP) is 1.84. The van der Waals surface area contributed by atoms with Crippen LogP contribution in [-0.2, 0) is 9.47 Å². The first-order valence-electron chi connectivity index (χ1n) is 7.68. The summed E-state index contributed by atoms with van der Waals surface area (Å²) in [5.41, 5.74) is 0. The standard InChI is InChI=1S/C15H32N2O2/c1-13(2)18-10-8-16-6-7-17(15(5)12-16)9-11-19-14(3)4/h13-15H,6-12H2,1-5H3/t15-/m0/s1. The molecule has 1 rings (SSSR count). The van der Waals surface area contributed by atoms with Crippen molar-refractivity contribution in [3.63, 3.8) is 0 Å². The van der Waals surface area contributed by atoms with E-state index in [1.54, 1.807) is 0 Å². The van der Waals surface area contributed by atoms with Gasteiger partial charge in [-0.25, -0.2) is 0 Å². The fourth-order valence-corrected chi connectivity index (χ4v) is 2.43. The van der Waals surface area contributed by atoms with E-state index in [9.17, 15) is 0 Å². The van der Waals surface area contributed by atoms with Crippen molar-refractivity contribution in [1.82, 2.24) is 9.80 Å². The molecule has 0 N–H and O–H groups in total. The smallest absolute Gasteiger partial charge is 0.0597 e. The zero-order valence-corrected chi connectivity index (χ0v) is 13.4. The number of piperazine rings is 1. The molecule has 0 saturated carbocycles. The highest BCUT2D eigenvalue weighted by atomic mass is 16.5. The van der Waals surface area contributed by atoms with Gasteiger partial charge in [0.2, 0.25) is 0 Å². The topological polar surface area (TPSA) is 24.9 Å². The molecule has 0 amide bonds. The summed E-state index contributed by atoms with van der Waals surface area (Å²) in [6.07, 6.45) is 0.677. The van der Waals surface area contributed by atoms with E-state index in [0.29, 0.717) is 18.2 Å². The highest BCUT2D eigenvalue weighted by Crippen LogP contribution is 2.09. The number of hydrogen-bond donors (Lipinski definition) is 0. The first-order valence-corrected chi connectivity index (χ1v) is 7.68. The van der Waals surface area contributed by atoms with Crippen LogP contribution in [0.25, 0.3) is 0 Å².